The SMILES string of the molecule is CN([Si](C)(C)C)[Si](C)(C)[N+]#N. The van der Waals surface area contributed by atoms with Crippen LogP contribution in [0.3, 0.4) is 0 Å². The van der Waals surface area contributed by atoms with Crippen molar-refractivity contribution in [1.82, 2.24) is 4.23 Å². The molecule has 0 bridgehead atoms. The summed E-state index contributed by atoms with van der Waals surface area (Å²) in [5.41, 5.74) is 0. The molecule has 0 aliphatic heterocycles. The standard InChI is InChI=1S/C6H18N3Si2/c1-9(10(2,3)4)11(5,6)8-7/h1-6H3/q+1. The van der Waals surface area contributed by atoms with Crippen LogP contribution in [0.15, 0.2) is 0 Å². The van der Waals surface area contributed by atoms with Gasteiger partial charge in [0.05, 0.1) is 0 Å². The van der Waals surface area contributed by atoms with E-state index in [9.17, 15) is 0 Å². The summed E-state index contributed by atoms with van der Waals surface area (Å²) in [6, 6.07) is 0. The monoisotopic (exact) mass is 188 g/mol. The molecule has 0 unspecified atom stereocenters. The molecule has 0 aromatic carbocycles. The Labute approximate surface area is 71.3 Å². The van der Waals surface area contributed by atoms with Gasteiger partial charge >= 0.3 is 8.40 Å². The van der Waals surface area contributed by atoms with Crippen molar-refractivity contribution in [3.63, 3.8) is 0 Å². The maximum absolute atomic E-state index is 8.80. The fraction of sp³-hybridized carbons (Fsp3) is 1.00. The molecule has 0 amide bonds. The van der Waals surface area contributed by atoms with Gasteiger partial charge in [0.15, 0.2) is 5.39 Å². The molecule has 0 aromatic rings. The predicted molar refractivity (Wildman–Crippen MR) is 53.7 cm³/mol. The first-order chi connectivity index (χ1) is 4.72. The van der Waals surface area contributed by atoms with Gasteiger partial charge < -0.3 is 0 Å². The third-order valence-electron chi connectivity index (χ3n) is 2.07. The van der Waals surface area contributed by atoms with Gasteiger partial charge in [-0.2, -0.15) is 0 Å². The Bertz CT molecular complexity index is 177. The van der Waals surface area contributed by atoms with E-state index >= 15 is 0 Å². The van der Waals surface area contributed by atoms with Crippen LogP contribution in [-0.2, 0) is 0 Å². The lowest BCUT2D eigenvalue weighted by atomic mass is 11.6. The van der Waals surface area contributed by atoms with Gasteiger partial charge in [-0.1, -0.05) is 19.6 Å². The highest BCUT2D eigenvalue weighted by Crippen LogP contribution is 2.17. The second-order valence-electron chi connectivity index (χ2n) is 4.32. The molecule has 0 spiro atoms. The third kappa shape index (κ3) is 2.73. The Hall–Kier alpha value is -0.186. The number of hydrogen-bond donors (Lipinski definition) is 0. The number of nitrogens with zero attached hydrogens (tertiary/aromatic N) is 3. The molecule has 0 aliphatic carbocycles. The Morgan fingerprint density at radius 3 is 1.55 bits per heavy atom. The van der Waals surface area contributed by atoms with Crippen molar-refractivity contribution in [2.24, 2.45) is 0 Å². The Balaban J connectivity index is 4.52. The zero-order valence-electron chi connectivity index (χ0n) is 8.34. The molecule has 0 aliphatic rings. The molecule has 0 atom stereocenters. The van der Waals surface area contributed by atoms with Crippen LogP contribution in [0.25, 0.3) is 4.64 Å². The fourth-order valence-corrected chi connectivity index (χ4v) is 7.72. The summed E-state index contributed by atoms with van der Waals surface area (Å²) in [6.45, 7) is 10.9. The summed E-state index contributed by atoms with van der Waals surface area (Å²) in [7, 11) is -1.05. The first-order valence-corrected chi connectivity index (χ1v) is 10.2. The van der Waals surface area contributed by atoms with E-state index in [2.05, 4.69) is 35.6 Å². The van der Waals surface area contributed by atoms with Crippen LogP contribution in [0.5, 0.6) is 0 Å². The highest BCUT2D eigenvalue weighted by atomic mass is 28.4. The Kier molecular flexibility index (Phi) is 3.00. The quantitative estimate of drug-likeness (QED) is 0.492. The molecule has 0 rings (SSSR count). The second-order valence-corrected chi connectivity index (χ2v) is 13.6. The van der Waals surface area contributed by atoms with Crippen molar-refractivity contribution in [3.8, 4) is 0 Å². The van der Waals surface area contributed by atoms with E-state index < -0.39 is 16.6 Å². The van der Waals surface area contributed by atoms with Gasteiger partial charge in [0.1, 0.15) is 8.24 Å². The fourth-order valence-electron chi connectivity index (χ4n) is 0.888. The topological polar surface area (TPSA) is 31.4 Å². The molecular formula is C6H18N3Si2+. The van der Waals surface area contributed by atoms with Crippen LogP contribution in [0.2, 0.25) is 32.7 Å². The molecule has 0 heterocycles. The van der Waals surface area contributed by atoms with Gasteiger partial charge in [0.25, 0.3) is 0 Å². The number of diazo groups is 1. The molecule has 0 aromatic heterocycles. The second kappa shape index (κ2) is 3.05. The van der Waals surface area contributed by atoms with Crippen LogP contribution < -0.4 is 0 Å². The van der Waals surface area contributed by atoms with Gasteiger partial charge in [0, 0.05) is 17.7 Å². The molecule has 11 heavy (non-hydrogen) atoms. The minimum absolute atomic E-state index is 1.28. The predicted octanol–water partition coefficient (Wildman–Crippen LogP) is 2.31. The van der Waals surface area contributed by atoms with Crippen molar-refractivity contribution >= 4 is 16.6 Å². The van der Waals surface area contributed by atoms with Gasteiger partial charge in [-0.3, -0.25) is 4.23 Å². The normalized spacial score (nSPS) is 13.3. The maximum atomic E-state index is 8.80. The molecule has 5 heteroatoms. The average Bonchev–Trinajstić information content (AvgIpc) is 1.84. The highest BCUT2D eigenvalue weighted by molar-refractivity contribution is 6.91. The zero-order valence-corrected chi connectivity index (χ0v) is 10.3. The molecule has 0 radical (unpaired) electrons. The van der Waals surface area contributed by atoms with E-state index in [0.717, 1.165) is 0 Å². The van der Waals surface area contributed by atoms with Crippen LogP contribution >= 0.6 is 0 Å². The van der Waals surface area contributed by atoms with Crippen LogP contribution in [0.4, 0.5) is 0 Å². The first kappa shape index (κ1) is 10.8. The summed E-state index contributed by atoms with van der Waals surface area (Å²) >= 11 is 0. The van der Waals surface area contributed by atoms with Crippen molar-refractivity contribution < 1.29 is 0 Å². The Morgan fingerprint density at radius 1 is 1.09 bits per heavy atom. The van der Waals surface area contributed by atoms with E-state index in [4.69, 9.17) is 5.39 Å². The van der Waals surface area contributed by atoms with E-state index in [1.807, 2.05) is 13.1 Å². The van der Waals surface area contributed by atoms with E-state index in [-0.39, 0.29) is 0 Å². The molecule has 0 fully saturated rings. The van der Waals surface area contributed by atoms with Crippen LogP contribution in [0, 0.1) is 5.39 Å². The summed E-state index contributed by atoms with van der Waals surface area (Å²) in [6.07, 6.45) is 0. The lowest BCUT2D eigenvalue weighted by Gasteiger charge is -2.29. The van der Waals surface area contributed by atoms with Gasteiger partial charge in [-0.15, -0.1) is 0 Å². The molecule has 3 nitrogen and oxygen atoms in total. The lowest BCUT2D eigenvalue weighted by Crippen LogP contribution is -2.56. The third-order valence-corrected chi connectivity index (χ3v) is 9.87. The summed E-state index contributed by atoms with van der Waals surface area (Å²) in [5, 5.41) is 8.80. The largest absolute Gasteiger partial charge is 0.633 e. The summed E-state index contributed by atoms with van der Waals surface area (Å²) < 4.78 is 5.78. The van der Waals surface area contributed by atoms with Crippen LogP contribution in [0.1, 0.15) is 0 Å². The molecule has 0 saturated heterocycles. The van der Waals surface area contributed by atoms with Crippen molar-refractivity contribution in [3.05, 3.63) is 4.64 Å². The minimum atomic E-state index is -1.84. The highest BCUT2D eigenvalue weighted by Gasteiger charge is 2.51. The average molecular weight is 188 g/mol. The zero-order chi connectivity index (χ0) is 9.28. The lowest BCUT2D eigenvalue weighted by molar-refractivity contribution is 0.763. The van der Waals surface area contributed by atoms with Gasteiger partial charge in [-0.25, -0.2) is 0 Å². The smallest absolute Gasteiger partial charge is 0.278 e. The first-order valence-electron chi connectivity index (χ1n) is 3.82. The summed E-state index contributed by atoms with van der Waals surface area (Å²) in [4.78, 5) is 0. The van der Waals surface area contributed by atoms with Crippen LogP contribution in [-0.4, -0.2) is 27.9 Å². The van der Waals surface area contributed by atoms with Crippen molar-refractivity contribution in [1.29, 1.82) is 5.39 Å². The van der Waals surface area contributed by atoms with E-state index in [0.29, 0.717) is 0 Å². The molecular weight excluding hydrogens is 170 g/mol. The van der Waals surface area contributed by atoms with Gasteiger partial charge in [-0.05, 0) is 7.05 Å². The number of hydrogen-bond acceptors (Lipinski definition) is 2. The van der Waals surface area contributed by atoms with E-state index in [1.54, 1.807) is 0 Å². The summed E-state index contributed by atoms with van der Waals surface area (Å²) in [5.74, 6) is 0. The van der Waals surface area contributed by atoms with Crippen molar-refractivity contribution in [2.45, 2.75) is 32.7 Å². The van der Waals surface area contributed by atoms with E-state index in [1.165, 1.54) is 0 Å². The molecule has 0 saturated carbocycles. The van der Waals surface area contributed by atoms with Gasteiger partial charge in [0.2, 0.25) is 0 Å². The Morgan fingerprint density at radius 2 is 1.45 bits per heavy atom. The molecule has 64 valence electrons. The van der Waals surface area contributed by atoms with Crippen molar-refractivity contribution in [2.75, 3.05) is 7.05 Å². The minimum Gasteiger partial charge on any atom is -0.278 e. The number of rotatable bonds is 2. The maximum Gasteiger partial charge on any atom is 0.633 e. The molecule has 0 N–H and O–H groups in total.